The van der Waals surface area contributed by atoms with E-state index < -0.39 is 0 Å². The number of ether oxygens (including phenoxy) is 1. The number of nitrogens with zero attached hydrogens (tertiary/aromatic N) is 1. The van der Waals surface area contributed by atoms with Crippen LogP contribution in [0.1, 0.15) is 32.1 Å². The third-order valence-electron chi connectivity index (χ3n) is 3.53. The first kappa shape index (κ1) is 10.4. The normalized spacial score (nSPS) is 35.8. The number of piperidine rings is 2. The van der Waals surface area contributed by atoms with Crippen molar-refractivity contribution in [3.05, 3.63) is 0 Å². The fourth-order valence-electron chi connectivity index (χ4n) is 2.65. The van der Waals surface area contributed by atoms with Crippen LogP contribution in [0.3, 0.4) is 0 Å². The summed E-state index contributed by atoms with van der Waals surface area (Å²) < 4.78 is 5.37. The van der Waals surface area contributed by atoms with Crippen LogP contribution in [0, 0.1) is 0 Å². The van der Waals surface area contributed by atoms with Crippen molar-refractivity contribution in [2.45, 2.75) is 44.4 Å². The molecule has 2 heterocycles. The standard InChI is InChI=1S/C11H22N2O/c1-14-11-9-10(5-6-12-11)13-7-3-2-4-8-13/h10-12H,2-9H2,1H3. The molecule has 0 bridgehead atoms. The third kappa shape index (κ3) is 2.47. The molecule has 2 saturated heterocycles. The molecular weight excluding hydrogens is 176 g/mol. The smallest absolute Gasteiger partial charge is 0.109 e. The van der Waals surface area contributed by atoms with Gasteiger partial charge in [-0.25, -0.2) is 0 Å². The van der Waals surface area contributed by atoms with Gasteiger partial charge in [0.05, 0.1) is 0 Å². The largest absolute Gasteiger partial charge is 0.367 e. The van der Waals surface area contributed by atoms with Crippen LogP contribution in [0.4, 0.5) is 0 Å². The monoisotopic (exact) mass is 198 g/mol. The van der Waals surface area contributed by atoms with E-state index in [1.807, 2.05) is 0 Å². The molecule has 0 saturated carbocycles. The minimum atomic E-state index is 0.288. The summed E-state index contributed by atoms with van der Waals surface area (Å²) in [5.74, 6) is 0. The molecule has 2 fully saturated rings. The third-order valence-corrected chi connectivity index (χ3v) is 3.53. The van der Waals surface area contributed by atoms with Gasteiger partial charge in [-0.15, -0.1) is 0 Å². The SMILES string of the molecule is COC1CC(N2CCCCC2)CCN1. The van der Waals surface area contributed by atoms with Crippen molar-refractivity contribution in [1.29, 1.82) is 0 Å². The van der Waals surface area contributed by atoms with Gasteiger partial charge in [0.25, 0.3) is 0 Å². The van der Waals surface area contributed by atoms with Crippen LogP contribution in [0.2, 0.25) is 0 Å². The van der Waals surface area contributed by atoms with Crippen molar-refractivity contribution in [1.82, 2.24) is 10.2 Å². The molecule has 2 aliphatic rings. The molecule has 0 aromatic heterocycles. The Kier molecular flexibility index (Phi) is 3.79. The van der Waals surface area contributed by atoms with E-state index >= 15 is 0 Å². The molecule has 2 aliphatic heterocycles. The lowest BCUT2D eigenvalue weighted by Crippen LogP contribution is -2.49. The number of likely N-dealkylation sites (tertiary alicyclic amines) is 1. The Morgan fingerprint density at radius 3 is 2.71 bits per heavy atom. The van der Waals surface area contributed by atoms with Crippen LogP contribution in [0.25, 0.3) is 0 Å². The van der Waals surface area contributed by atoms with Crippen LogP contribution in [0.5, 0.6) is 0 Å². The quantitative estimate of drug-likeness (QED) is 0.721. The van der Waals surface area contributed by atoms with Crippen LogP contribution in [-0.2, 0) is 4.74 Å². The molecule has 0 amide bonds. The molecule has 0 spiro atoms. The molecule has 2 unspecified atom stereocenters. The number of rotatable bonds is 2. The van der Waals surface area contributed by atoms with Crippen LogP contribution in [0.15, 0.2) is 0 Å². The number of hydrogen-bond donors (Lipinski definition) is 1. The van der Waals surface area contributed by atoms with Crippen LogP contribution in [-0.4, -0.2) is 43.9 Å². The average Bonchev–Trinajstić information content (AvgIpc) is 2.30. The van der Waals surface area contributed by atoms with Gasteiger partial charge in [-0.1, -0.05) is 6.42 Å². The highest BCUT2D eigenvalue weighted by atomic mass is 16.5. The second-order valence-electron chi connectivity index (χ2n) is 4.45. The second kappa shape index (κ2) is 5.10. The number of nitrogens with one attached hydrogen (secondary N) is 1. The first-order valence-corrected chi connectivity index (χ1v) is 5.90. The highest BCUT2D eigenvalue weighted by molar-refractivity contribution is 4.81. The van der Waals surface area contributed by atoms with Crippen LogP contribution < -0.4 is 5.32 Å². The predicted octanol–water partition coefficient (Wildman–Crippen LogP) is 1.20. The maximum atomic E-state index is 5.37. The molecule has 1 N–H and O–H groups in total. The van der Waals surface area contributed by atoms with E-state index in [1.165, 1.54) is 38.8 Å². The Hall–Kier alpha value is -0.120. The van der Waals surface area contributed by atoms with Crippen LogP contribution >= 0.6 is 0 Å². The van der Waals surface area contributed by atoms with Gasteiger partial charge < -0.3 is 9.64 Å². The van der Waals surface area contributed by atoms with Crippen molar-refractivity contribution >= 4 is 0 Å². The second-order valence-corrected chi connectivity index (χ2v) is 4.45. The zero-order valence-corrected chi connectivity index (χ0v) is 9.17. The van der Waals surface area contributed by atoms with Gasteiger partial charge in [0.15, 0.2) is 0 Å². The molecule has 3 nitrogen and oxygen atoms in total. The van der Waals surface area contributed by atoms with Gasteiger partial charge >= 0.3 is 0 Å². The fourth-order valence-corrected chi connectivity index (χ4v) is 2.65. The zero-order chi connectivity index (χ0) is 9.80. The van der Waals surface area contributed by atoms with Crippen molar-refractivity contribution in [2.24, 2.45) is 0 Å². The maximum Gasteiger partial charge on any atom is 0.109 e. The van der Waals surface area contributed by atoms with Crippen molar-refractivity contribution in [3.8, 4) is 0 Å². The Bertz CT molecular complexity index is 169. The van der Waals surface area contributed by atoms with Crippen molar-refractivity contribution in [3.63, 3.8) is 0 Å². The molecule has 3 heteroatoms. The zero-order valence-electron chi connectivity index (χ0n) is 9.17. The van der Waals surface area contributed by atoms with E-state index in [1.54, 1.807) is 7.11 Å². The minimum Gasteiger partial charge on any atom is -0.367 e. The molecular formula is C11H22N2O. The molecule has 0 aromatic rings. The van der Waals surface area contributed by atoms with Gasteiger partial charge in [-0.2, -0.15) is 0 Å². The Morgan fingerprint density at radius 1 is 1.21 bits per heavy atom. The highest BCUT2D eigenvalue weighted by Gasteiger charge is 2.26. The summed E-state index contributed by atoms with van der Waals surface area (Å²) in [6.07, 6.45) is 6.95. The lowest BCUT2D eigenvalue weighted by Gasteiger charge is -2.39. The lowest BCUT2D eigenvalue weighted by atomic mass is 10.00. The summed E-state index contributed by atoms with van der Waals surface area (Å²) in [5.41, 5.74) is 0. The van der Waals surface area contributed by atoms with Gasteiger partial charge in [-0.3, -0.25) is 5.32 Å². The average molecular weight is 198 g/mol. The van der Waals surface area contributed by atoms with Gasteiger partial charge in [0.1, 0.15) is 6.23 Å². The van der Waals surface area contributed by atoms with Gasteiger partial charge in [0, 0.05) is 19.6 Å². The maximum absolute atomic E-state index is 5.37. The molecule has 2 rings (SSSR count). The Morgan fingerprint density at radius 2 is 2.00 bits per heavy atom. The molecule has 0 aliphatic carbocycles. The minimum absolute atomic E-state index is 0.288. The lowest BCUT2D eigenvalue weighted by molar-refractivity contribution is 0.00944. The first-order valence-electron chi connectivity index (χ1n) is 5.90. The van der Waals surface area contributed by atoms with Crippen molar-refractivity contribution in [2.75, 3.05) is 26.7 Å². The van der Waals surface area contributed by atoms with E-state index in [4.69, 9.17) is 4.74 Å². The molecule has 2 atom stereocenters. The summed E-state index contributed by atoms with van der Waals surface area (Å²) >= 11 is 0. The Balaban J connectivity index is 1.83. The number of hydrogen-bond acceptors (Lipinski definition) is 3. The van der Waals surface area contributed by atoms with Gasteiger partial charge in [0.2, 0.25) is 0 Å². The number of methoxy groups -OCH3 is 1. The highest BCUT2D eigenvalue weighted by Crippen LogP contribution is 2.20. The fraction of sp³-hybridized carbons (Fsp3) is 1.00. The summed E-state index contributed by atoms with van der Waals surface area (Å²) in [6, 6.07) is 0.765. The first-order chi connectivity index (χ1) is 6.90. The van der Waals surface area contributed by atoms with E-state index in [9.17, 15) is 0 Å². The summed E-state index contributed by atoms with van der Waals surface area (Å²) in [7, 11) is 1.80. The summed E-state index contributed by atoms with van der Waals surface area (Å²) in [6.45, 7) is 3.72. The van der Waals surface area contributed by atoms with Gasteiger partial charge in [-0.05, 0) is 38.9 Å². The molecule has 0 aromatic carbocycles. The van der Waals surface area contributed by atoms with E-state index in [0.717, 1.165) is 19.0 Å². The van der Waals surface area contributed by atoms with E-state index in [0.29, 0.717) is 0 Å². The van der Waals surface area contributed by atoms with Crippen molar-refractivity contribution < 1.29 is 4.74 Å². The summed E-state index contributed by atoms with van der Waals surface area (Å²) in [4.78, 5) is 2.66. The summed E-state index contributed by atoms with van der Waals surface area (Å²) in [5, 5.41) is 3.39. The topological polar surface area (TPSA) is 24.5 Å². The van der Waals surface area contributed by atoms with E-state index in [2.05, 4.69) is 10.2 Å². The molecule has 14 heavy (non-hydrogen) atoms. The predicted molar refractivity (Wildman–Crippen MR) is 57.2 cm³/mol. The molecule has 82 valence electrons. The van der Waals surface area contributed by atoms with E-state index in [-0.39, 0.29) is 6.23 Å². The Labute approximate surface area is 86.8 Å². The molecule has 0 radical (unpaired) electrons.